The van der Waals surface area contributed by atoms with Crippen molar-refractivity contribution < 1.29 is 64.6 Å². The molecule has 396 valence electrons. The molecule has 24 heteroatoms. The maximum Gasteiger partial charge on any atom is 0.323 e. The molecule has 0 radical (unpaired) electrons. The van der Waals surface area contributed by atoms with Crippen LogP contribution in [0, 0.1) is 0 Å². The van der Waals surface area contributed by atoms with Crippen LogP contribution in [0.15, 0.2) is 182 Å². The van der Waals surface area contributed by atoms with Crippen LogP contribution in [0.25, 0.3) is 65.7 Å². The van der Waals surface area contributed by atoms with Gasteiger partial charge in [0.15, 0.2) is 44.1 Å². The van der Waals surface area contributed by atoms with E-state index in [9.17, 15) is 9.59 Å². The molecule has 0 aliphatic heterocycles. The fourth-order valence-electron chi connectivity index (χ4n) is 8.77. The second kappa shape index (κ2) is 23.5. The van der Waals surface area contributed by atoms with E-state index >= 15 is 0 Å². The SMILES string of the molecule is O=C(Nc1cccc2ccccc12)N(Cc1[nH]c2ccccc2[nH+]1)Cc1[nH]c2ccccc2[nH+]1.O=C(Nc1cccc2ccccc12)N(Cc1[nH]c2ccccc2[nH+]1)Cc1[nH]c2ccccc2[nH+]1.O=S(=O)([O-])[O-].O=S(=O)([O-])[O-]. The van der Waals surface area contributed by atoms with Crippen molar-refractivity contribution >= 4 is 110 Å². The number of anilines is 2. The number of imidazole rings is 4. The van der Waals surface area contributed by atoms with Crippen LogP contribution >= 0.6 is 0 Å². The molecule has 10 N–H and O–H groups in total. The number of benzene rings is 8. The molecule has 0 bridgehead atoms. The molecule has 4 aromatic heterocycles. The molecule has 0 unspecified atom stereocenters. The summed E-state index contributed by atoms with van der Waals surface area (Å²) < 4.78 is 68.2. The second-order valence-corrected chi connectivity index (χ2v) is 19.2. The highest BCUT2D eigenvalue weighted by molar-refractivity contribution is 7.80. The zero-order valence-corrected chi connectivity index (χ0v) is 42.6. The number of aromatic amines is 8. The minimum atomic E-state index is -5.17. The maximum absolute atomic E-state index is 13.6. The summed E-state index contributed by atoms with van der Waals surface area (Å²) in [7, 11) is -10.3. The number of hydrogen-bond donors (Lipinski definition) is 6. The van der Waals surface area contributed by atoms with Crippen molar-refractivity contribution in [3.05, 3.63) is 205 Å². The molecule has 8 aromatic carbocycles. The number of H-pyrrole nitrogens is 8. The maximum atomic E-state index is 13.6. The quantitative estimate of drug-likeness (QED) is 0.0625. The normalized spacial score (nSPS) is 11.3. The average molecular weight is 1090 g/mol. The van der Waals surface area contributed by atoms with Gasteiger partial charge in [-0.15, -0.1) is 0 Å². The minimum Gasteiger partial charge on any atom is -0.759 e. The Bertz CT molecular complexity index is 3730. The van der Waals surface area contributed by atoms with E-state index in [-0.39, 0.29) is 12.1 Å². The van der Waals surface area contributed by atoms with Gasteiger partial charge in [0.25, 0.3) is 23.3 Å². The molecule has 12 rings (SSSR count). The first-order chi connectivity index (χ1) is 37.5. The van der Waals surface area contributed by atoms with Crippen molar-refractivity contribution in [1.82, 2.24) is 29.7 Å². The first-order valence-electron chi connectivity index (χ1n) is 23.8. The Morgan fingerprint density at radius 2 is 0.615 bits per heavy atom. The first-order valence-corrected chi connectivity index (χ1v) is 26.5. The summed E-state index contributed by atoms with van der Waals surface area (Å²) >= 11 is 0. The lowest BCUT2D eigenvalue weighted by atomic mass is 10.1. The van der Waals surface area contributed by atoms with Crippen molar-refractivity contribution in [3.8, 4) is 0 Å². The average Bonchev–Trinajstić information content (AvgIpc) is 4.25. The number of amides is 4. The molecule has 0 spiro atoms. The number of nitrogens with one attached hydrogen (secondary N) is 10. The number of carbonyl (C=O) groups excluding carboxylic acids is 2. The van der Waals surface area contributed by atoms with Crippen LogP contribution in [0.2, 0.25) is 0 Å². The molecular formula is C54H48N12O10S2. The van der Waals surface area contributed by atoms with Crippen LogP contribution in [-0.2, 0) is 47.0 Å². The van der Waals surface area contributed by atoms with Crippen LogP contribution in [0.3, 0.4) is 0 Å². The molecule has 0 aliphatic rings. The van der Waals surface area contributed by atoms with E-state index in [1.165, 1.54) is 0 Å². The molecular weight excluding hydrogens is 1040 g/mol. The monoisotopic (exact) mass is 1090 g/mol. The molecule has 0 fully saturated rings. The number of carbonyl (C=O) groups is 2. The van der Waals surface area contributed by atoms with Gasteiger partial charge in [-0.25, -0.2) is 49.5 Å². The summed E-state index contributed by atoms with van der Waals surface area (Å²) in [6, 6.07) is 59.6. The van der Waals surface area contributed by atoms with Crippen molar-refractivity contribution in [2.75, 3.05) is 10.6 Å². The lowest BCUT2D eigenvalue weighted by molar-refractivity contribution is -0.366. The molecule has 4 heterocycles. The largest absolute Gasteiger partial charge is 0.759 e. The fraction of sp³-hybridized carbons (Fsp3) is 0.0741. The summed E-state index contributed by atoms with van der Waals surface area (Å²) in [5.74, 6) is 3.41. The van der Waals surface area contributed by atoms with E-state index in [0.717, 1.165) is 100 Å². The molecule has 12 aromatic rings. The number of fused-ring (bicyclic) bond motifs is 6. The molecule has 0 saturated carbocycles. The number of rotatable bonds is 10. The smallest absolute Gasteiger partial charge is 0.323 e. The van der Waals surface area contributed by atoms with Crippen LogP contribution in [0.4, 0.5) is 21.0 Å². The zero-order chi connectivity index (χ0) is 54.8. The fourth-order valence-corrected chi connectivity index (χ4v) is 8.77. The van der Waals surface area contributed by atoms with Crippen molar-refractivity contribution in [2.45, 2.75) is 26.2 Å². The molecule has 4 amide bonds. The molecule has 22 nitrogen and oxygen atoms in total. The van der Waals surface area contributed by atoms with Crippen LogP contribution < -0.4 is 30.6 Å². The number of nitrogens with zero attached hydrogens (tertiary/aromatic N) is 2. The van der Waals surface area contributed by atoms with Gasteiger partial charge in [0.1, 0.15) is 26.2 Å². The van der Waals surface area contributed by atoms with E-state index < -0.39 is 20.8 Å². The standard InChI is InChI=1S/2C27H22N6O.2H2O4S/c2*34-27(32-20-15-7-9-18-8-1-2-10-19(18)20)33(16-25-28-21-11-3-4-12-22(21)29-25)17-26-30-23-13-5-6-14-24(23)31-26;2*1-5(2,3)4/h2*1-15H,16-17H2,(H,28,29)(H,30,31)(H,32,34);2*(H2,1,2,3,4). The predicted octanol–water partition coefficient (Wildman–Crippen LogP) is 6.65. The van der Waals surface area contributed by atoms with Crippen LogP contribution in [0.1, 0.15) is 23.3 Å². The van der Waals surface area contributed by atoms with E-state index in [1.54, 1.807) is 9.80 Å². The number of hydrogen-bond acceptors (Lipinski definition) is 10. The Morgan fingerprint density at radius 3 is 0.897 bits per heavy atom. The molecule has 0 aliphatic carbocycles. The number of urea groups is 2. The third-order valence-electron chi connectivity index (χ3n) is 12.0. The summed E-state index contributed by atoms with van der Waals surface area (Å²) in [6.45, 7) is 1.53. The van der Waals surface area contributed by atoms with Gasteiger partial charge in [-0.05, 0) is 71.4 Å². The van der Waals surface area contributed by atoms with Gasteiger partial charge < -0.3 is 38.6 Å². The lowest BCUT2D eigenvalue weighted by Gasteiger charge is -2.19. The Morgan fingerprint density at radius 1 is 0.372 bits per heavy atom. The van der Waals surface area contributed by atoms with E-state index in [4.69, 9.17) is 35.0 Å². The highest BCUT2D eigenvalue weighted by atomic mass is 32.3. The van der Waals surface area contributed by atoms with Crippen LogP contribution in [0.5, 0.6) is 0 Å². The highest BCUT2D eigenvalue weighted by Gasteiger charge is 2.26. The highest BCUT2D eigenvalue weighted by Crippen LogP contribution is 2.26. The summed E-state index contributed by atoms with van der Waals surface area (Å²) in [4.78, 5) is 57.8. The topological polar surface area (TPSA) is 345 Å². The van der Waals surface area contributed by atoms with Gasteiger partial charge in [-0.2, -0.15) is 0 Å². The van der Waals surface area contributed by atoms with Gasteiger partial charge in [-0.3, -0.25) is 16.8 Å². The second-order valence-electron chi connectivity index (χ2n) is 17.5. The van der Waals surface area contributed by atoms with Crippen molar-refractivity contribution in [1.29, 1.82) is 0 Å². The number of aromatic nitrogens is 8. The van der Waals surface area contributed by atoms with Crippen LogP contribution in [-0.4, -0.2) is 76.8 Å². The van der Waals surface area contributed by atoms with E-state index in [2.05, 4.69) is 50.5 Å². The summed E-state index contributed by atoms with van der Waals surface area (Å²) in [5, 5.41) is 10.4. The summed E-state index contributed by atoms with van der Waals surface area (Å²) in [5.41, 5.74) is 9.60. The Balaban J connectivity index is 0.000000162. The first kappa shape index (κ1) is 53.3. The molecule has 0 atom stereocenters. The molecule has 0 saturated heterocycles. The zero-order valence-electron chi connectivity index (χ0n) is 40.9. The summed E-state index contributed by atoms with van der Waals surface area (Å²) in [6.07, 6.45) is 0. The minimum absolute atomic E-state index is 0.185. The Hall–Kier alpha value is -9.56. The van der Waals surface area contributed by atoms with Gasteiger partial charge in [-0.1, -0.05) is 121 Å². The van der Waals surface area contributed by atoms with Gasteiger partial charge in [0.2, 0.25) is 0 Å². The third-order valence-corrected chi connectivity index (χ3v) is 12.0. The Kier molecular flexibility index (Phi) is 16.1. The predicted molar refractivity (Wildman–Crippen MR) is 285 cm³/mol. The van der Waals surface area contributed by atoms with Gasteiger partial charge in [0.05, 0.1) is 11.4 Å². The van der Waals surface area contributed by atoms with Gasteiger partial charge >= 0.3 is 12.1 Å². The van der Waals surface area contributed by atoms with Crippen molar-refractivity contribution in [3.63, 3.8) is 0 Å². The van der Waals surface area contributed by atoms with Crippen molar-refractivity contribution in [2.24, 2.45) is 0 Å². The molecule has 78 heavy (non-hydrogen) atoms. The van der Waals surface area contributed by atoms with E-state index in [1.807, 2.05) is 182 Å². The lowest BCUT2D eigenvalue weighted by Crippen LogP contribution is -2.37. The third kappa shape index (κ3) is 14.4. The number of para-hydroxylation sites is 8. The van der Waals surface area contributed by atoms with E-state index in [0.29, 0.717) is 26.2 Å². The Labute approximate surface area is 444 Å². The van der Waals surface area contributed by atoms with Gasteiger partial charge in [0, 0.05) is 31.6 Å².